The standard InChI is InChI=1S/C24H44N4O7/c1-22(2,3)33-19(30)14-28(10)27-18(29)12-17(26-21(32)35-24(7,8)9)16-11-15(16)13-25-20(31)34-23(4,5)6/h15-17H,11-14H2,1-10H3,(H,25,31)(H,26,32)(H,27,29)/t15-,16+,17-/m1/s1. The molecule has 3 amide bonds. The summed E-state index contributed by atoms with van der Waals surface area (Å²) in [6.07, 6.45) is -0.438. The maximum atomic E-state index is 12.7. The van der Waals surface area contributed by atoms with Crippen molar-refractivity contribution in [3.8, 4) is 0 Å². The topological polar surface area (TPSA) is 135 Å². The summed E-state index contributed by atoms with van der Waals surface area (Å²) in [5.41, 5.74) is 0.719. The number of carbonyl (C=O) groups is 4. The maximum Gasteiger partial charge on any atom is 0.407 e. The zero-order chi connectivity index (χ0) is 27.2. The fourth-order valence-electron chi connectivity index (χ4n) is 3.36. The monoisotopic (exact) mass is 500 g/mol. The van der Waals surface area contributed by atoms with Gasteiger partial charge in [-0.05, 0) is 80.6 Å². The van der Waals surface area contributed by atoms with E-state index in [0.29, 0.717) is 6.54 Å². The van der Waals surface area contributed by atoms with Gasteiger partial charge in [0.25, 0.3) is 0 Å². The normalized spacial score (nSPS) is 18.8. The van der Waals surface area contributed by atoms with E-state index in [-0.39, 0.29) is 30.7 Å². The molecule has 11 heteroatoms. The number of esters is 1. The van der Waals surface area contributed by atoms with E-state index in [1.54, 1.807) is 69.4 Å². The van der Waals surface area contributed by atoms with E-state index in [0.717, 1.165) is 6.42 Å². The van der Waals surface area contributed by atoms with Crippen molar-refractivity contribution in [1.82, 2.24) is 21.1 Å². The highest BCUT2D eigenvalue weighted by atomic mass is 16.6. The Kier molecular flexibility index (Phi) is 10.4. The van der Waals surface area contributed by atoms with Crippen LogP contribution < -0.4 is 16.1 Å². The van der Waals surface area contributed by atoms with Crippen LogP contribution in [0.5, 0.6) is 0 Å². The van der Waals surface area contributed by atoms with E-state index in [1.807, 2.05) is 0 Å². The summed E-state index contributed by atoms with van der Waals surface area (Å²) in [6, 6.07) is -0.509. The Hall–Kier alpha value is -2.56. The lowest BCUT2D eigenvalue weighted by Gasteiger charge is -2.25. The second kappa shape index (κ2) is 11.9. The van der Waals surface area contributed by atoms with Crippen LogP contribution in [0.25, 0.3) is 0 Å². The first-order chi connectivity index (χ1) is 15.7. The van der Waals surface area contributed by atoms with Gasteiger partial charge in [0.2, 0.25) is 5.91 Å². The average Bonchev–Trinajstić information content (AvgIpc) is 3.33. The lowest BCUT2D eigenvalue weighted by atomic mass is 10.1. The Labute approximate surface area is 208 Å². The van der Waals surface area contributed by atoms with Crippen LogP contribution in [0.2, 0.25) is 0 Å². The smallest absolute Gasteiger partial charge is 0.407 e. The van der Waals surface area contributed by atoms with Crippen LogP contribution in [0.3, 0.4) is 0 Å². The molecule has 0 aromatic carbocycles. The van der Waals surface area contributed by atoms with Crippen molar-refractivity contribution in [2.24, 2.45) is 11.8 Å². The quantitative estimate of drug-likeness (QED) is 0.250. The van der Waals surface area contributed by atoms with Crippen molar-refractivity contribution in [3.05, 3.63) is 0 Å². The molecule has 3 atom stereocenters. The molecule has 202 valence electrons. The summed E-state index contributed by atoms with van der Waals surface area (Å²) in [5, 5.41) is 6.87. The molecule has 0 bridgehead atoms. The van der Waals surface area contributed by atoms with Crippen LogP contribution in [0.4, 0.5) is 9.59 Å². The molecular weight excluding hydrogens is 456 g/mol. The summed E-state index contributed by atoms with van der Waals surface area (Å²) in [4.78, 5) is 49.0. The average molecular weight is 501 g/mol. The Morgan fingerprint density at radius 2 is 1.37 bits per heavy atom. The van der Waals surface area contributed by atoms with Crippen molar-refractivity contribution >= 4 is 24.1 Å². The van der Waals surface area contributed by atoms with Crippen LogP contribution in [0, 0.1) is 11.8 Å². The first-order valence-corrected chi connectivity index (χ1v) is 11.9. The van der Waals surface area contributed by atoms with Crippen LogP contribution >= 0.6 is 0 Å². The lowest BCUT2D eigenvalue weighted by molar-refractivity contribution is -0.156. The molecule has 0 aromatic rings. The van der Waals surface area contributed by atoms with Crippen molar-refractivity contribution in [2.45, 2.75) is 98.0 Å². The number of carbonyl (C=O) groups excluding carboxylic acids is 4. The minimum atomic E-state index is -0.689. The first kappa shape index (κ1) is 30.5. The van der Waals surface area contributed by atoms with Gasteiger partial charge in [0, 0.05) is 26.1 Å². The van der Waals surface area contributed by atoms with Gasteiger partial charge in [0.05, 0.1) is 0 Å². The third-order valence-electron chi connectivity index (χ3n) is 4.61. The van der Waals surface area contributed by atoms with E-state index in [4.69, 9.17) is 14.2 Å². The second-order valence-corrected chi connectivity index (χ2v) is 12.0. The summed E-state index contributed by atoms with van der Waals surface area (Å²) >= 11 is 0. The van der Waals surface area contributed by atoms with E-state index in [1.165, 1.54) is 5.01 Å². The molecule has 1 aliphatic rings. The van der Waals surface area contributed by atoms with Crippen molar-refractivity contribution in [2.75, 3.05) is 20.1 Å². The fourth-order valence-corrected chi connectivity index (χ4v) is 3.36. The molecule has 0 heterocycles. The SMILES string of the molecule is CN(CC(=O)OC(C)(C)C)NC(=O)C[C@@H](NC(=O)OC(C)(C)C)[C@H]1C[C@@H]1CNC(=O)OC(C)(C)C. The largest absolute Gasteiger partial charge is 0.459 e. The highest BCUT2D eigenvalue weighted by molar-refractivity contribution is 5.78. The molecule has 0 aliphatic heterocycles. The van der Waals surface area contributed by atoms with Crippen molar-refractivity contribution in [1.29, 1.82) is 0 Å². The van der Waals surface area contributed by atoms with Crippen LogP contribution in [0.15, 0.2) is 0 Å². The highest BCUT2D eigenvalue weighted by Gasteiger charge is 2.45. The van der Waals surface area contributed by atoms with E-state index >= 15 is 0 Å². The van der Waals surface area contributed by atoms with Gasteiger partial charge in [-0.25, -0.2) is 14.6 Å². The molecule has 3 N–H and O–H groups in total. The Morgan fingerprint density at radius 1 is 0.857 bits per heavy atom. The number of ether oxygens (including phenoxy) is 3. The highest BCUT2D eigenvalue weighted by Crippen LogP contribution is 2.42. The minimum Gasteiger partial charge on any atom is -0.459 e. The van der Waals surface area contributed by atoms with Gasteiger partial charge in [-0.3, -0.25) is 15.0 Å². The molecule has 35 heavy (non-hydrogen) atoms. The lowest BCUT2D eigenvalue weighted by Crippen LogP contribution is -2.48. The number of hydrogen-bond donors (Lipinski definition) is 3. The number of likely N-dealkylation sites (N-methyl/N-ethyl adjacent to an activating group) is 1. The van der Waals surface area contributed by atoms with Gasteiger partial charge in [-0.2, -0.15) is 0 Å². The van der Waals surface area contributed by atoms with Crippen LogP contribution in [0.1, 0.15) is 75.2 Å². The molecule has 0 spiro atoms. The van der Waals surface area contributed by atoms with Crippen molar-refractivity contribution in [3.63, 3.8) is 0 Å². The van der Waals surface area contributed by atoms with Gasteiger partial charge in [0.1, 0.15) is 23.3 Å². The van der Waals surface area contributed by atoms with Gasteiger partial charge >= 0.3 is 18.2 Å². The van der Waals surface area contributed by atoms with Gasteiger partial charge < -0.3 is 24.8 Å². The van der Waals surface area contributed by atoms with E-state index in [2.05, 4.69) is 16.1 Å². The molecule has 0 saturated heterocycles. The van der Waals surface area contributed by atoms with Crippen LogP contribution in [-0.4, -0.2) is 72.1 Å². The molecule has 1 fully saturated rings. The van der Waals surface area contributed by atoms with Crippen LogP contribution in [-0.2, 0) is 23.8 Å². The number of alkyl carbamates (subject to hydrolysis) is 2. The first-order valence-electron chi connectivity index (χ1n) is 11.9. The molecule has 0 aromatic heterocycles. The Bertz CT molecular complexity index is 765. The minimum absolute atomic E-state index is 0.0223. The summed E-state index contributed by atoms with van der Waals surface area (Å²) in [5.74, 6) is -0.795. The number of nitrogens with zero attached hydrogens (tertiary/aromatic N) is 1. The Balaban J connectivity index is 2.69. The zero-order valence-corrected chi connectivity index (χ0v) is 22.9. The fraction of sp³-hybridized carbons (Fsp3) is 0.833. The predicted octanol–water partition coefficient (Wildman–Crippen LogP) is 2.74. The number of hydrazine groups is 1. The summed E-state index contributed by atoms with van der Waals surface area (Å²) < 4.78 is 15.9. The second-order valence-electron chi connectivity index (χ2n) is 12.0. The van der Waals surface area contributed by atoms with E-state index in [9.17, 15) is 19.2 Å². The number of amides is 3. The molecule has 1 saturated carbocycles. The third kappa shape index (κ3) is 14.4. The van der Waals surface area contributed by atoms with Gasteiger partial charge in [-0.1, -0.05) is 0 Å². The Morgan fingerprint density at radius 3 is 1.89 bits per heavy atom. The molecule has 0 unspecified atom stereocenters. The number of hydrogen-bond acceptors (Lipinski definition) is 8. The van der Waals surface area contributed by atoms with E-state index < -0.39 is 41.0 Å². The molecule has 0 radical (unpaired) electrons. The number of nitrogens with one attached hydrogen (secondary N) is 3. The molecule has 1 rings (SSSR count). The third-order valence-corrected chi connectivity index (χ3v) is 4.61. The summed E-state index contributed by atoms with van der Waals surface area (Å²) in [6.45, 7) is 16.1. The molecular formula is C24H44N4O7. The zero-order valence-electron chi connectivity index (χ0n) is 22.9. The maximum absolute atomic E-state index is 12.7. The van der Waals surface area contributed by atoms with Crippen molar-refractivity contribution < 1.29 is 33.4 Å². The van der Waals surface area contributed by atoms with Gasteiger partial charge in [0.15, 0.2) is 0 Å². The predicted molar refractivity (Wildman–Crippen MR) is 130 cm³/mol. The number of rotatable bonds is 9. The molecule has 11 nitrogen and oxygen atoms in total. The summed E-state index contributed by atoms with van der Waals surface area (Å²) in [7, 11) is 1.56. The van der Waals surface area contributed by atoms with Gasteiger partial charge in [-0.15, -0.1) is 0 Å². The molecule has 1 aliphatic carbocycles.